The number of nitrogens with zero attached hydrogens (tertiary/aromatic N) is 4. The minimum Gasteiger partial charge on any atom is -0.494 e. The van der Waals surface area contributed by atoms with Crippen LogP contribution >= 0.6 is 12.2 Å². The van der Waals surface area contributed by atoms with Crippen molar-refractivity contribution in [2.45, 2.75) is 46.2 Å². The maximum Gasteiger partial charge on any atom is 0.265 e. The van der Waals surface area contributed by atoms with Crippen molar-refractivity contribution in [3.63, 3.8) is 0 Å². The van der Waals surface area contributed by atoms with Gasteiger partial charge < -0.3 is 5.11 Å². The van der Waals surface area contributed by atoms with Crippen LogP contribution in [0.4, 0.5) is 5.69 Å². The van der Waals surface area contributed by atoms with Gasteiger partial charge in [-0.15, -0.1) is 0 Å². The van der Waals surface area contributed by atoms with E-state index < -0.39 is 0 Å². The van der Waals surface area contributed by atoms with Gasteiger partial charge in [0.15, 0.2) is 10.5 Å². The SMILES string of the molecule is C=CC(=C\C1=[N+](C)c2ccccc2C1(C)C)/C(C#N)=C/C=C/c1c(O)n(CC)c(=S)n(CC)c1=O. The summed E-state index contributed by atoms with van der Waals surface area (Å²) in [5.74, 6) is -0.183. The lowest BCUT2D eigenvalue weighted by molar-refractivity contribution is -0.401. The van der Waals surface area contributed by atoms with Crippen molar-refractivity contribution in [1.29, 1.82) is 5.26 Å². The number of nitriles is 1. The summed E-state index contributed by atoms with van der Waals surface area (Å²) in [6.07, 6.45) is 8.36. The lowest BCUT2D eigenvalue weighted by Gasteiger charge is -2.16. The second-order valence-electron chi connectivity index (χ2n) is 8.75. The lowest BCUT2D eigenvalue weighted by atomic mass is 9.80. The molecule has 0 saturated carbocycles. The third-order valence-electron chi connectivity index (χ3n) is 6.48. The molecule has 0 unspecified atom stereocenters. The van der Waals surface area contributed by atoms with Gasteiger partial charge in [0.05, 0.1) is 17.1 Å². The fraction of sp³-hybridized carbons (Fsp3) is 0.286. The molecule has 3 rings (SSSR count). The van der Waals surface area contributed by atoms with Gasteiger partial charge in [-0.2, -0.15) is 9.84 Å². The fourth-order valence-electron chi connectivity index (χ4n) is 4.51. The van der Waals surface area contributed by atoms with Gasteiger partial charge in [-0.3, -0.25) is 13.9 Å². The second kappa shape index (κ2) is 10.2. The molecule has 0 bridgehead atoms. The van der Waals surface area contributed by atoms with Gasteiger partial charge in [0.1, 0.15) is 12.6 Å². The van der Waals surface area contributed by atoms with E-state index >= 15 is 0 Å². The lowest BCUT2D eigenvalue weighted by Crippen LogP contribution is -2.27. The predicted octanol–water partition coefficient (Wildman–Crippen LogP) is 5.41. The van der Waals surface area contributed by atoms with Crippen LogP contribution < -0.4 is 5.56 Å². The highest BCUT2D eigenvalue weighted by molar-refractivity contribution is 7.71. The number of aromatic hydroxyl groups is 1. The number of para-hydroxylation sites is 1. The Morgan fingerprint density at radius 3 is 2.49 bits per heavy atom. The molecule has 1 aliphatic rings. The molecule has 35 heavy (non-hydrogen) atoms. The Kier molecular flexibility index (Phi) is 7.57. The maximum atomic E-state index is 12.8. The van der Waals surface area contributed by atoms with Crippen LogP contribution in [0.25, 0.3) is 6.08 Å². The normalized spacial score (nSPS) is 15.4. The van der Waals surface area contributed by atoms with E-state index in [4.69, 9.17) is 12.2 Å². The van der Waals surface area contributed by atoms with E-state index in [1.165, 1.54) is 20.8 Å². The number of hydrogen-bond donors (Lipinski definition) is 1. The van der Waals surface area contributed by atoms with Gasteiger partial charge in [0.2, 0.25) is 11.6 Å². The zero-order valence-electron chi connectivity index (χ0n) is 20.9. The number of benzene rings is 1. The molecular weight excluding hydrogens is 456 g/mol. The van der Waals surface area contributed by atoms with Crippen molar-refractivity contribution in [2.24, 2.45) is 0 Å². The standard InChI is InChI=1S/C28H30N4O2S/c1-7-19(17-24-28(4,5)22-15-10-11-16-23(22)30(24)6)20(18-29)13-12-14-21-25(33)31(8-2)27(35)32(9-3)26(21)34/h7,10-17H,1,8-9H2,2-6H3/p+1. The molecule has 1 aromatic carbocycles. The summed E-state index contributed by atoms with van der Waals surface area (Å²) in [7, 11) is 2.02. The van der Waals surface area contributed by atoms with Crippen molar-refractivity contribution in [3.05, 3.63) is 92.5 Å². The van der Waals surface area contributed by atoms with Crippen LogP contribution in [-0.4, -0.2) is 31.6 Å². The maximum absolute atomic E-state index is 12.8. The number of rotatable bonds is 7. The molecule has 2 heterocycles. The van der Waals surface area contributed by atoms with E-state index in [2.05, 4.69) is 43.2 Å². The molecule has 7 heteroatoms. The van der Waals surface area contributed by atoms with Crippen LogP contribution in [0.3, 0.4) is 0 Å². The van der Waals surface area contributed by atoms with Crippen LogP contribution in [0.1, 0.15) is 38.8 Å². The van der Waals surface area contributed by atoms with Crippen LogP contribution in [0.2, 0.25) is 0 Å². The van der Waals surface area contributed by atoms with Crippen molar-refractivity contribution in [1.82, 2.24) is 9.13 Å². The summed E-state index contributed by atoms with van der Waals surface area (Å²) in [5, 5.41) is 20.5. The fourth-order valence-corrected chi connectivity index (χ4v) is 4.94. The Morgan fingerprint density at radius 2 is 1.91 bits per heavy atom. The molecule has 1 N–H and O–H groups in total. The van der Waals surface area contributed by atoms with Crippen LogP contribution in [0.15, 0.2) is 71.1 Å². The van der Waals surface area contributed by atoms with Crippen molar-refractivity contribution in [3.8, 4) is 11.9 Å². The highest BCUT2D eigenvalue weighted by Gasteiger charge is 2.42. The predicted molar refractivity (Wildman–Crippen MR) is 144 cm³/mol. The van der Waals surface area contributed by atoms with Crippen LogP contribution in [-0.2, 0) is 18.5 Å². The average Bonchev–Trinajstić information content (AvgIpc) is 3.03. The van der Waals surface area contributed by atoms with Gasteiger partial charge >= 0.3 is 0 Å². The molecule has 0 fully saturated rings. The summed E-state index contributed by atoms with van der Waals surface area (Å²) in [6.45, 7) is 12.7. The molecule has 0 aliphatic carbocycles. The molecule has 0 saturated heterocycles. The molecule has 0 spiro atoms. The first-order valence-electron chi connectivity index (χ1n) is 11.5. The minimum atomic E-state index is -0.370. The van der Waals surface area contributed by atoms with E-state index in [1.54, 1.807) is 18.2 Å². The Hall–Kier alpha value is -3.76. The zero-order chi connectivity index (χ0) is 25.9. The van der Waals surface area contributed by atoms with E-state index in [0.717, 1.165) is 11.4 Å². The molecule has 180 valence electrons. The van der Waals surface area contributed by atoms with E-state index in [1.807, 2.05) is 39.1 Å². The summed E-state index contributed by atoms with van der Waals surface area (Å²) in [6, 6.07) is 10.5. The van der Waals surface area contributed by atoms with E-state index in [-0.39, 0.29) is 27.2 Å². The molecule has 1 aromatic heterocycles. The van der Waals surface area contributed by atoms with Gasteiger partial charge in [0, 0.05) is 30.8 Å². The average molecular weight is 488 g/mol. The Balaban J connectivity index is 2.07. The first kappa shape index (κ1) is 25.9. The zero-order valence-corrected chi connectivity index (χ0v) is 21.7. The summed E-state index contributed by atoms with van der Waals surface area (Å²) < 4.78 is 5.36. The monoisotopic (exact) mass is 487 g/mol. The van der Waals surface area contributed by atoms with Crippen molar-refractivity contribution in [2.75, 3.05) is 7.05 Å². The van der Waals surface area contributed by atoms with Crippen LogP contribution in [0, 0.1) is 16.1 Å². The number of aromatic nitrogens is 2. The molecular formula is C28H31N4O2S+. The highest BCUT2D eigenvalue weighted by Crippen LogP contribution is 2.39. The van der Waals surface area contributed by atoms with Gasteiger partial charge in [-0.1, -0.05) is 36.9 Å². The van der Waals surface area contributed by atoms with Crippen molar-refractivity contribution >= 4 is 29.7 Å². The number of hydrogen-bond acceptors (Lipinski definition) is 4. The molecule has 2 aromatic rings. The summed E-state index contributed by atoms with van der Waals surface area (Å²) in [5.41, 5.74) is 3.97. The van der Waals surface area contributed by atoms with Crippen molar-refractivity contribution < 1.29 is 9.68 Å². The van der Waals surface area contributed by atoms with Gasteiger partial charge in [-0.05, 0) is 57.6 Å². The third kappa shape index (κ3) is 4.50. The third-order valence-corrected chi connectivity index (χ3v) is 6.92. The second-order valence-corrected chi connectivity index (χ2v) is 9.12. The summed E-state index contributed by atoms with van der Waals surface area (Å²) >= 11 is 5.33. The smallest absolute Gasteiger partial charge is 0.265 e. The quantitative estimate of drug-likeness (QED) is 0.245. The van der Waals surface area contributed by atoms with Gasteiger partial charge in [-0.25, -0.2) is 0 Å². The number of fused-ring (bicyclic) bond motifs is 1. The Morgan fingerprint density at radius 1 is 1.26 bits per heavy atom. The molecule has 1 aliphatic heterocycles. The topological polar surface area (TPSA) is 74.0 Å². The molecule has 0 atom stereocenters. The Bertz CT molecular complexity index is 1470. The van der Waals surface area contributed by atoms with Crippen LogP contribution in [0.5, 0.6) is 5.88 Å². The molecule has 0 amide bonds. The highest BCUT2D eigenvalue weighted by atomic mass is 32.1. The molecule has 6 nitrogen and oxygen atoms in total. The summed E-state index contributed by atoms with van der Waals surface area (Å²) in [4.78, 5) is 12.8. The number of allylic oxidation sites excluding steroid dienone is 6. The minimum absolute atomic E-state index is 0.126. The van der Waals surface area contributed by atoms with Gasteiger partial charge in [0.25, 0.3) is 5.56 Å². The first-order chi connectivity index (χ1) is 16.6. The first-order valence-corrected chi connectivity index (χ1v) is 11.9. The van der Waals surface area contributed by atoms with E-state index in [9.17, 15) is 15.2 Å². The Labute approximate surface area is 211 Å². The largest absolute Gasteiger partial charge is 0.494 e. The molecule has 0 radical (unpaired) electrons. The van der Waals surface area contributed by atoms with E-state index in [0.29, 0.717) is 24.2 Å².